The summed E-state index contributed by atoms with van der Waals surface area (Å²) >= 11 is 0. The Morgan fingerprint density at radius 3 is 2.69 bits per heavy atom. The van der Waals surface area contributed by atoms with Crippen LogP contribution in [0.1, 0.15) is 25.7 Å². The molecule has 0 spiro atoms. The molecular weight excluding hydrogens is 166 g/mol. The molecule has 3 nitrogen and oxygen atoms in total. The van der Waals surface area contributed by atoms with E-state index >= 15 is 0 Å². The molecule has 0 radical (unpaired) electrons. The fourth-order valence-corrected chi connectivity index (χ4v) is 4.22. The van der Waals surface area contributed by atoms with E-state index in [0.717, 1.165) is 23.7 Å². The Hall–Kier alpha value is -0.600. The molecule has 72 valence electrons. The van der Waals surface area contributed by atoms with Crippen LogP contribution in [-0.2, 0) is 0 Å². The summed E-state index contributed by atoms with van der Waals surface area (Å²) < 4.78 is 0. The Bertz CT molecular complexity index is 247. The predicted molar refractivity (Wildman–Crippen MR) is 47.8 cm³/mol. The number of nitrogens with zero attached hydrogens (tertiary/aromatic N) is 1. The van der Waals surface area contributed by atoms with E-state index < -0.39 is 0 Å². The third-order valence-electron chi connectivity index (χ3n) is 4.68. The highest BCUT2D eigenvalue weighted by Crippen LogP contribution is 2.63. The van der Waals surface area contributed by atoms with Crippen LogP contribution in [0.25, 0.3) is 0 Å². The van der Waals surface area contributed by atoms with Crippen LogP contribution >= 0.6 is 0 Å². The Labute approximate surface area is 77.7 Å². The molecule has 0 N–H and O–H groups in total. The van der Waals surface area contributed by atoms with Crippen molar-refractivity contribution in [2.75, 3.05) is 6.54 Å². The number of hydrogen-bond donors (Lipinski definition) is 0. The van der Waals surface area contributed by atoms with Gasteiger partial charge < -0.3 is 0 Å². The number of fused-ring (bicyclic) bond motifs is 1. The normalized spacial score (nSPS) is 51.5. The van der Waals surface area contributed by atoms with Crippen molar-refractivity contribution in [3.63, 3.8) is 0 Å². The average molecular weight is 181 g/mol. The number of hydrogen-bond acceptors (Lipinski definition) is 2. The first-order valence-corrected chi connectivity index (χ1v) is 5.37. The van der Waals surface area contributed by atoms with Gasteiger partial charge in [0, 0.05) is 10.8 Å². The third-order valence-corrected chi connectivity index (χ3v) is 4.68. The third kappa shape index (κ3) is 0.960. The minimum atomic E-state index is -0.105. The molecule has 3 rings (SSSR count). The van der Waals surface area contributed by atoms with Crippen LogP contribution in [0.4, 0.5) is 0 Å². The molecule has 2 bridgehead atoms. The number of nitro groups is 1. The van der Waals surface area contributed by atoms with Crippen molar-refractivity contribution in [3.8, 4) is 0 Å². The second-order valence-electron chi connectivity index (χ2n) is 5.09. The molecule has 3 aliphatic rings. The molecule has 3 saturated carbocycles. The van der Waals surface area contributed by atoms with Crippen molar-refractivity contribution in [3.05, 3.63) is 10.1 Å². The minimum absolute atomic E-state index is 0.105. The van der Waals surface area contributed by atoms with E-state index in [1.807, 2.05) is 0 Å². The molecule has 0 heterocycles. The van der Waals surface area contributed by atoms with Gasteiger partial charge in [-0.3, -0.25) is 10.1 Å². The fraction of sp³-hybridized carbons (Fsp3) is 1.00. The van der Waals surface area contributed by atoms with Crippen molar-refractivity contribution < 1.29 is 4.92 Å². The molecule has 13 heavy (non-hydrogen) atoms. The van der Waals surface area contributed by atoms with Crippen molar-refractivity contribution in [1.82, 2.24) is 0 Å². The maximum Gasteiger partial charge on any atom is 0.207 e. The maximum absolute atomic E-state index is 10.5. The summed E-state index contributed by atoms with van der Waals surface area (Å²) in [5, 5.41) is 10.5. The zero-order chi connectivity index (χ0) is 9.00. The molecule has 5 atom stereocenters. The molecule has 0 aromatic carbocycles. The Morgan fingerprint density at radius 2 is 1.92 bits per heavy atom. The zero-order valence-corrected chi connectivity index (χ0v) is 7.69. The fourth-order valence-electron chi connectivity index (χ4n) is 4.22. The van der Waals surface area contributed by atoms with E-state index in [2.05, 4.69) is 0 Å². The SMILES string of the molecule is O=[N+]([O-])C[C@@H]1[C@H]2CC[C@@H]3C[C@H]2[C@H]1C3. The minimum Gasteiger partial charge on any atom is -0.265 e. The first kappa shape index (κ1) is 7.77. The molecule has 0 aromatic rings. The van der Waals surface area contributed by atoms with Gasteiger partial charge >= 0.3 is 0 Å². The predicted octanol–water partition coefficient (Wildman–Crippen LogP) is 1.95. The molecule has 3 heteroatoms. The van der Waals surface area contributed by atoms with Crippen LogP contribution in [0.15, 0.2) is 0 Å². The quantitative estimate of drug-likeness (QED) is 0.482. The van der Waals surface area contributed by atoms with E-state index in [4.69, 9.17) is 0 Å². The summed E-state index contributed by atoms with van der Waals surface area (Å²) in [6, 6.07) is 0. The molecule has 0 saturated heterocycles. The van der Waals surface area contributed by atoms with Gasteiger partial charge in [0.2, 0.25) is 6.54 Å². The van der Waals surface area contributed by atoms with E-state index in [1.165, 1.54) is 25.7 Å². The van der Waals surface area contributed by atoms with E-state index in [0.29, 0.717) is 5.92 Å². The van der Waals surface area contributed by atoms with Gasteiger partial charge in [0.15, 0.2) is 0 Å². The van der Waals surface area contributed by atoms with Gasteiger partial charge in [-0.15, -0.1) is 0 Å². The molecule has 0 aromatic heterocycles. The first-order valence-electron chi connectivity index (χ1n) is 5.37. The van der Waals surface area contributed by atoms with Crippen LogP contribution in [-0.4, -0.2) is 11.5 Å². The summed E-state index contributed by atoms with van der Waals surface area (Å²) in [5.74, 6) is 3.75. The highest BCUT2D eigenvalue weighted by atomic mass is 16.6. The molecule has 3 fully saturated rings. The van der Waals surface area contributed by atoms with Crippen molar-refractivity contribution in [2.45, 2.75) is 25.7 Å². The lowest BCUT2D eigenvalue weighted by Gasteiger charge is -2.47. The summed E-state index contributed by atoms with van der Waals surface area (Å²) in [5.41, 5.74) is 0. The van der Waals surface area contributed by atoms with Crippen LogP contribution in [0.2, 0.25) is 0 Å². The summed E-state index contributed by atoms with van der Waals surface area (Å²) in [6.07, 6.45) is 5.33. The van der Waals surface area contributed by atoms with Gasteiger partial charge in [0.05, 0.1) is 0 Å². The van der Waals surface area contributed by atoms with Crippen molar-refractivity contribution in [1.29, 1.82) is 0 Å². The molecule has 3 aliphatic carbocycles. The standard InChI is InChI=1S/C10H15NO2/c12-11(13)5-10-7-2-1-6-3-8(7)9(10)4-6/h6-10H,1-5H2/t6-,7+,8-,9-,10-/m1/s1. The largest absolute Gasteiger partial charge is 0.265 e. The maximum atomic E-state index is 10.5. The average Bonchev–Trinajstić information content (AvgIpc) is 2.26. The Morgan fingerprint density at radius 1 is 1.15 bits per heavy atom. The summed E-state index contributed by atoms with van der Waals surface area (Å²) in [6.45, 7) is 0.249. The van der Waals surface area contributed by atoms with Crippen LogP contribution in [0.3, 0.4) is 0 Å². The first-order chi connectivity index (χ1) is 6.25. The van der Waals surface area contributed by atoms with Crippen LogP contribution < -0.4 is 0 Å². The topological polar surface area (TPSA) is 43.1 Å². The number of rotatable bonds is 2. The Kier molecular flexibility index (Phi) is 1.47. The summed E-state index contributed by atoms with van der Waals surface area (Å²) in [4.78, 5) is 10.4. The van der Waals surface area contributed by atoms with Crippen molar-refractivity contribution in [2.24, 2.45) is 29.6 Å². The van der Waals surface area contributed by atoms with E-state index in [9.17, 15) is 10.1 Å². The lowest BCUT2D eigenvalue weighted by atomic mass is 9.56. The molecule has 0 unspecified atom stereocenters. The highest BCUT2D eigenvalue weighted by Gasteiger charge is 2.58. The van der Waals surface area contributed by atoms with Crippen LogP contribution in [0, 0.1) is 39.7 Å². The van der Waals surface area contributed by atoms with Gasteiger partial charge in [-0.2, -0.15) is 0 Å². The smallest absolute Gasteiger partial charge is 0.207 e. The lowest BCUT2D eigenvalue weighted by Crippen LogP contribution is -2.47. The van der Waals surface area contributed by atoms with E-state index in [1.54, 1.807) is 0 Å². The van der Waals surface area contributed by atoms with Gasteiger partial charge in [0.1, 0.15) is 0 Å². The van der Waals surface area contributed by atoms with Gasteiger partial charge in [-0.25, -0.2) is 0 Å². The lowest BCUT2D eigenvalue weighted by molar-refractivity contribution is -0.497. The van der Waals surface area contributed by atoms with Crippen LogP contribution in [0.5, 0.6) is 0 Å². The highest BCUT2D eigenvalue weighted by molar-refractivity contribution is 5.05. The zero-order valence-electron chi connectivity index (χ0n) is 7.69. The second kappa shape index (κ2) is 2.46. The van der Waals surface area contributed by atoms with Gasteiger partial charge in [-0.1, -0.05) is 6.42 Å². The molecule has 0 amide bonds. The second-order valence-corrected chi connectivity index (χ2v) is 5.09. The summed E-state index contributed by atoms with van der Waals surface area (Å²) in [7, 11) is 0. The van der Waals surface area contributed by atoms with Crippen molar-refractivity contribution >= 4 is 0 Å². The molecule has 0 aliphatic heterocycles. The van der Waals surface area contributed by atoms with Gasteiger partial charge in [-0.05, 0) is 42.9 Å². The molecular formula is C10H15NO2. The Balaban J connectivity index is 1.75. The van der Waals surface area contributed by atoms with Gasteiger partial charge in [0.25, 0.3) is 0 Å². The van der Waals surface area contributed by atoms with E-state index in [-0.39, 0.29) is 11.5 Å². The monoisotopic (exact) mass is 181 g/mol.